The number of aromatic nitrogens is 2. The summed E-state index contributed by atoms with van der Waals surface area (Å²) in [6.45, 7) is 4.33. The quantitative estimate of drug-likeness (QED) is 0.515. The van der Waals surface area contributed by atoms with Gasteiger partial charge in [0.1, 0.15) is 18.2 Å². The summed E-state index contributed by atoms with van der Waals surface area (Å²) in [5, 5.41) is 2.20. The van der Waals surface area contributed by atoms with Gasteiger partial charge in [0.05, 0.1) is 5.56 Å². The van der Waals surface area contributed by atoms with Crippen LogP contribution in [0, 0.1) is 6.92 Å². The minimum Gasteiger partial charge on any atom is -0.456 e. The Morgan fingerprint density at radius 1 is 1.09 bits per heavy atom. The van der Waals surface area contributed by atoms with Crippen molar-refractivity contribution in [1.82, 2.24) is 4.98 Å². The number of furan rings is 1. The lowest BCUT2D eigenvalue weighted by Crippen LogP contribution is -2.31. The Kier molecular flexibility index (Phi) is 3.15. The van der Waals surface area contributed by atoms with Crippen LogP contribution in [-0.2, 0) is 13.5 Å². The molecule has 0 atom stereocenters. The zero-order valence-corrected chi connectivity index (χ0v) is 13.6. The minimum absolute atomic E-state index is 0.886. The van der Waals surface area contributed by atoms with Crippen molar-refractivity contribution in [3.63, 3.8) is 0 Å². The smallest absolute Gasteiger partial charge is 0.212 e. The van der Waals surface area contributed by atoms with Crippen LogP contribution in [0.5, 0.6) is 0 Å². The fourth-order valence-corrected chi connectivity index (χ4v) is 3.20. The van der Waals surface area contributed by atoms with E-state index < -0.39 is 0 Å². The molecule has 0 radical (unpaired) electrons. The molecule has 0 aliphatic carbocycles. The van der Waals surface area contributed by atoms with Gasteiger partial charge in [-0.05, 0) is 43.2 Å². The van der Waals surface area contributed by atoms with Crippen LogP contribution in [0.25, 0.3) is 33.2 Å². The van der Waals surface area contributed by atoms with Crippen LogP contribution in [0.3, 0.4) is 0 Å². The predicted octanol–water partition coefficient (Wildman–Crippen LogP) is 4.34. The summed E-state index contributed by atoms with van der Waals surface area (Å²) in [5.41, 5.74) is 6.77. The van der Waals surface area contributed by atoms with Gasteiger partial charge in [-0.3, -0.25) is 4.98 Å². The van der Waals surface area contributed by atoms with Crippen LogP contribution < -0.4 is 4.57 Å². The monoisotopic (exact) mass is 303 g/mol. The first kappa shape index (κ1) is 13.9. The normalized spacial score (nSPS) is 11.4. The van der Waals surface area contributed by atoms with Gasteiger partial charge in [-0.1, -0.05) is 6.92 Å². The Labute approximate surface area is 135 Å². The zero-order valence-electron chi connectivity index (χ0n) is 13.6. The molecular weight excluding hydrogens is 284 g/mol. The summed E-state index contributed by atoms with van der Waals surface area (Å²) in [4.78, 5) is 4.21. The van der Waals surface area contributed by atoms with Gasteiger partial charge in [0, 0.05) is 34.8 Å². The van der Waals surface area contributed by atoms with Gasteiger partial charge in [0.15, 0.2) is 6.20 Å². The molecular formula is C20H19N2O+. The second-order valence-electron chi connectivity index (χ2n) is 6.02. The lowest BCUT2D eigenvalue weighted by molar-refractivity contribution is -0.660. The highest BCUT2D eigenvalue weighted by Crippen LogP contribution is 2.33. The van der Waals surface area contributed by atoms with Crippen molar-refractivity contribution in [1.29, 1.82) is 0 Å². The topological polar surface area (TPSA) is 29.9 Å². The summed E-state index contributed by atoms with van der Waals surface area (Å²) >= 11 is 0. The van der Waals surface area contributed by atoms with Crippen LogP contribution >= 0.6 is 0 Å². The number of hydrogen-bond donors (Lipinski definition) is 0. The van der Waals surface area contributed by atoms with E-state index in [1.165, 1.54) is 22.4 Å². The Morgan fingerprint density at radius 3 is 2.74 bits per heavy atom. The van der Waals surface area contributed by atoms with Crippen LogP contribution in [0.1, 0.15) is 18.1 Å². The van der Waals surface area contributed by atoms with E-state index in [1.54, 1.807) is 6.20 Å². The summed E-state index contributed by atoms with van der Waals surface area (Å²) in [6, 6.07) is 10.6. The largest absolute Gasteiger partial charge is 0.456 e. The van der Waals surface area contributed by atoms with E-state index in [0.717, 1.165) is 28.4 Å². The molecule has 0 spiro atoms. The number of benzene rings is 1. The van der Waals surface area contributed by atoms with Gasteiger partial charge < -0.3 is 4.42 Å². The Hall–Kier alpha value is -2.68. The molecule has 0 bridgehead atoms. The van der Waals surface area contributed by atoms with Gasteiger partial charge in [-0.2, -0.15) is 0 Å². The maximum absolute atomic E-state index is 6.01. The molecule has 1 aromatic carbocycles. The molecule has 0 fully saturated rings. The molecule has 23 heavy (non-hydrogen) atoms. The lowest BCUT2D eigenvalue weighted by Gasteiger charge is -2.06. The molecule has 0 aliphatic rings. The SMILES string of the molecule is CCc1ccc(-c2cc3oc4ccncc4c3cc2C)[n+](C)c1. The van der Waals surface area contributed by atoms with Crippen molar-refractivity contribution in [2.24, 2.45) is 7.05 Å². The highest BCUT2D eigenvalue weighted by atomic mass is 16.3. The number of rotatable bonds is 2. The number of hydrogen-bond acceptors (Lipinski definition) is 2. The fraction of sp³-hybridized carbons (Fsp3) is 0.200. The first-order chi connectivity index (χ1) is 11.2. The van der Waals surface area contributed by atoms with E-state index in [2.05, 4.69) is 60.9 Å². The Balaban J connectivity index is 1.97. The van der Waals surface area contributed by atoms with E-state index in [4.69, 9.17) is 4.42 Å². The maximum atomic E-state index is 6.01. The van der Waals surface area contributed by atoms with Crippen molar-refractivity contribution in [2.75, 3.05) is 0 Å². The first-order valence-corrected chi connectivity index (χ1v) is 7.93. The average Bonchev–Trinajstić information content (AvgIpc) is 2.92. The molecule has 0 saturated carbocycles. The van der Waals surface area contributed by atoms with Crippen LogP contribution in [0.2, 0.25) is 0 Å². The van der Waals surface area contributed by atoms with E-state index in [1.807, 2.05) is 12.3 Å². The highest BCUT2D eigenvalue weighted by molar-refractivity contribution is 6.05. The summed E-state index contributed by atoms with van der Waals surface area (Å²) in [6.07, 6.45) is 6.88. The Bertz CT molecular complexity index is 1030. The molecule has 0 aliphatic heterocycles. The molecule has 114 valence electrons. The second kappa shape index (κ2) is 5.20. The molecule has 3 aromatic heterocycles. The second-order valence-corrected chi connectivity index (χ2v) is 6.02. The number of aryl methyl sites for hydroxylation is 3. The van der Waals surface area contributed by atoms with Crippen molar-refractivity contribution in [3.05, 3.63) is 60.0 Å². The standard InChI is InChI=1S/C20H19N2O/c1-4-14-5-6-18(22(3)12-14)15-10-20-16(9-13(15)2)17-11-21-8-7-19(17)23-20/h5-12H,4H2,1-3H3/q+1. The first-order valence-electron chi connectivity index (χ1n) is 7.93. The molecule has 0 amide bonds. The summed E-state index contributed by atoms with van der Waals surface area (Å²) in [7, 11) is 2.10. The van der Waals surface area contributed by atoms with E-state index in [9.17, 15) is 0 Å². The van der Waals surface area contributed by atoms with Gasteiger partial charge in [0.2, 0.25) is 5.69 Å². The molecule has 0 saturated heterocycles. The van der Waals surface area contributed by atoms with Crippen LogP contribution in [-0.4, -0.2) is 4.98 Å². The fourth-order valence-electron chi connectivity index (χ4n) is 3.20. The maximum Gasteiger partial charge on any atom is 0.212 e. The van der Waals surface area contributed by atoms with Crippen molar-refractivity contribution < 1.29 is 8.98 Å². The lowest BCUT2D eigenvalue weighted by atomic mass is 10.0. The Morgan fingerprint density at radius 2 is 1.96 bits per heavy atom. The van der Waals surface area contributed by atoms with Crippen LogP contribution in [0.15, 0.2) is 53.3 Å². The average molecular weight is 303 g/mol. The van der Waals surface area contributed by atoms with Crippen LogP contribution in [0.4, 0.5) is 0 Å². The van der Waals surface area contributed by atoms with Gasteiger partial charge in [-0.15, -0.1) is 0 Å². The minimum atomic E-state index is 0.886. The molecule has 0 N–H and O–H groups in total. The van der Waals surface area contributed by atoms with E-state index in [-0.39, 0.29) is 0 Å². The molecule has 0 unspecified atom stereocenters. The molecule has 3 heteroatoms. The van der Waals surface area contributed by atoms with Gasteiger partial charge in [0.25, 0.3) is 0 Å². The van der Waals surface area contributed by atoms with Crippen molar-refractivity contribution in [2.45, 2.75) is 20.3 Å². The number of pyridine rings is 2. The van der Waals surface area contributed by atoms with Gasteiger partial charge >= 0.3 is 0 Å². The van der Waals surface area contributed by atoms with E-state index in [0.29, 0.717) is 0 Å². The third kappa shape index (κ3) is 2.20. The third-order valence-corrected chi connectivity index (χ3v) is 4.50. The number of nitrogens with zero attached hydrogens (tertiary/aromatic N) is 2. The summed E-state index contributed by atoms with van der Waals surface area (Å²) in [5.74, 6) is 0. The zero-order chi connectivity index (χ0) is 16.0. The molecule has 3 nitrogen and oxygen atoms in total. The summed E-state index contributed by atoms with van der Waals surface area (Å²) < 4.78 is 8.20. The molecule has 3 heterocycles. The molecule has 4 aromatic rings. The highest BCUT2D eigenvalue weighted by Gasteiger charge is 2.16. The van der Waals surface area contributed by atoms with Crippen molar-refractivity contribution >= 4 is 21.9 Å². The van der Waals surface area contributed by atoms with Gasteiger partial charge in [-0.25, -0.2) is 4.57 Å². The predicted molar refractivity (Wildman–Crippen MR) is 92.2 cm³/mol. The molecule has 4 rings (SSSR count). The van der Waals surface area contributed by atoms with Crippen molar-refractivity contribution in [3.8, 4) is 11.3 Å². The van der Waals surface area contributed by atoms with E-state index >= 15 is 0 Å². The third-order valence-electron chi connectivity index (χ3n) is 4.50. The number of fused-ring (bicyclic) bond motifs is 3.